The molecule has 0 aliphatic rings. The van der Waals surface area contributed by atoms with Gasteiger partial charge in [0.05, 0.1) is 18.8 Å². The molecule has 0 aromatic heterocycles. The van der Waals surface area contributed by atoms with Gasteiger partial charge in [0, 0.05) is 10.7 Å². The maximum Gasteiger partial charge on any atom is 0.243 e. The summed E-state index contributed by atoms with van der Waals surface area (Å²) < 4.78 is 5.73. The van der Waals surface area contributed by atoms with Crippen molar-refractivity contribution in [2.45, 2.75) is 19.8 Å². The Morgan fingerprint density at radius 2 is 1.87 bits per heavy atom. The third-order valence-corrected chi connectivity index (χ3v) is 3.46. The third-order valence-electron chi connectivity index (χ3n) is 3.21. The van der Waals surface area contributed by atoms with Crippen molar-refractivity contribution in [3.05, 3.63) is 53.6 Å². The minimum absolute atomic E-state index is 0.129. The lowest BCUT2D eigenvalue weighted by Crippen LogP contribution is -2.22. The molecule has 122 valence electrons. The summed E-state index contributed by atoms with van der Waals surface area (Å²) in [6.07, 6.45) is 2.09. The Morgan fingerprint density at radius 3 is 2.61 bits per heavy atom. The van der Waals surface area contributed by atoms with Crippen molar-refractivity contribution < 1.29 is 9.53 Å². The molecular formula is C18H21ClN2O2. The van der Waals surface area contributed by atoms with Gasteiger partial charge in [-0.25, -0.2) is 0 Å². The van der Waals surface area contributed by atoms with Gasteiger partial charge in [-0.1, -0.05) is 37.1 Å². The second-order valence-electron chi connectivity index (χ2n) is 5.11. The Bertz CT molecular complexity index is 629. The minimum atomic E-state index is -0.129. The van der Waals surface area contributed by atoms with E-state index >= 15 is 0 Å². The second-order valence-corrected chi connectivity index (χ2v) is 5.54. The molecule has 1 amide bonds. The zero-order valence-electron chi connectivity index (χ0n) is 13.1. The number of ether oxygens (including phenoxy) is 1. The van der Waals surface area contributed by atoms with Crippen LogP contribution in [0, 0.1) is 0 Å². The molecular weight excluding hydrogens is 312 g/mol. The summed E-state index contributed by atoms with van der Waals surface area (Å²) in [5, 5.41) is 6.56. The van der Waals surface area contributed by atoms with E-state index < -0.39 is 0 Å². The fourth-order valence-corrected chi connectivity index (χ4v) is 2.10. The molecule has 0 radical (unpaired) electrons. The summed E-state index contributed by atoms with van der Waals surface area (Å²) in [5.74, 6) is 0.635. The van der Waals surface area contributed by atoms with Crippen LogP contribution in [0.5, 0.6) is 5.75 Å². The molecule has 0 saturated carbocycles. The maximum absolute atomic E-state index is 12.0. The van der Waals surface area contributed by atoms with Gasteiger partial charge in [-0.15, -0.1) is 0 Å². The summed E-state index contributed by atoms with van der Waals surface area (Å²) in [7, 11) is 0. The van der Waals surface area contributed by atoms with E-state index in [-0.39, 0.29) is 12.5 Å². The van der Waals surface area contributed by atoms with E-state index in [1.165, 1.54) is 0 Å². The molecule has 0 atom stereocenters. The van der Waals surface area contributed by atoms with Crippen LogP contribution in [0.25, 0.3) is 0 Å². The molecule has 2 N–H and O–H groups in total. The highest BCUT2D eigenvalue weighted by Gasteiger charge is 2.06. The molecule has 0 unspecified atom stereocenters. The Kier molecular flexibility index (Phi) is 6.76. The standard InChI is InChI=1S/C18H21ClN2O2/c1-2-3-12-23-17-7-5-4-6-16(17)20-13-18(22)21-15-10-8-14(19)9-11-15/h4-11,20H,2-3,12-13H2,1H3,(H,21,22). The fourth-order valence-electron chi connectivity index (χ4n) is 1.98. The lowest BCUT2D eigenvalue weighted by molar-refractivity contribution is -0.114. The number of carbonyl (C=O) groups is 1. The Labute approximate surface area is 141 Å². The van der Waals surface area contributed by atoms with Crippen LogP contribution < -0.4 is 15.4 Å². The first-order valence-corrected chi connectivity index (χ1v) is 8.08. The quantitative estimate of drug-likeness (QED) is 0.696. The van der Waals surface area contributed by atoms with Crippen LogP contribution in [0.15, 0.2) is 48.5 Å². The highest BCUT2D eigenvalue weighted by molar-refractivity contribution is 6.30. The summed E-state index contributed by atoms with van der Waals surface area (Å²) in [6.45, 7) is 2.96. The summed E-state index contributed by atoms with van der Waals surface area (Å²) in [6, 6.07) is 14.6. The van der Waals surface area contributed by atoms with Crippen LogP contribution in [-0.4, -0.2) is 19.1 Å². The van der Waals surface area contributed by atoms with E-state index in [0.29, 0.717) is 17.3 Å². The molecule has 0 fully saturated rings. The smallest absolute Gasteiger partial charge is 0.243 e. The maximum atomic E-state index is 12.0. The van der Waals surface area contributed by atoms with Gasteiger partial charge in [0.2, 0.25) is 5.91 Å². The Hall–Kier alpha value is -2.20. The van der Waals surface area contributed by atoms with Gasteiger partial charge in [0.25, 0.3) is 0 Å². The van der Waals surface area contributed by atoms with Crippen LogP contribution in [0.1, 0.15) is 19.8 Å². The van der Waals surface area contributed by atoms with Crippen molar-refractivity contribution in [3.63, 3.8) is 0 Å². The monoisotopic (exact) mass is 332 g/mol. The lowest BCUT2D eigenvalue weighted by atomic mass is 10.3. The summed E-state index contributed by atoms with van der Waals surface area (Å²) in [5.41, 5.74) is 1.53. The summed E-state index contributed by atoms with van der Waals surface area (Å²) in [4.78, 5) is 12.0. The number of para-hydroxylation sites is 2. The average molecular weight is 333 g/mol. The molecule has 0 aliphatic carbocycles. The van der Waals surface area contributed by atoms with Gasteiger partial charge in [-0.2, -0.15) is 0 Å². The number of hydrogen-bond donors (Lipinski definition) is 2. The number of nitrogens with one attached hydrogen (secondary N) is 2. The molecule has 0 heterocycles. The average Bonchev–Trinajstić information content (AvgIpc) is 2.56. The van der Waals surface area contributed by atoms with Gasteiger partial charge in [-0.3, -0.25) is 4.79 Å². The first-order valence-electron chi connectivity index (χ1n) is 7.70. The number of unbranched alkanes of at least 4 members (excludes halogenated alkanes) is 1. The van der Waals surface area contributed by atoms with E-state index in [4.69, 9.17) is 16.3 Å². The second kappa shape index (κ2) is 9.06. The van der Waals surface area contributed by atoms with Gasteiger partial charge >= 0.3 is 0 Å². The molecule has 2 rings (SSSR count). The number of benzene rings is 2. The number of carbonyl (C=O) groups excluding carboxylic acids is 1. The van der Waals surface area contributed by atoms with E-state index in [0.717, 1.165) is 24.3 Å². The van der Waals surface area contributed by atoms with Crippen molar-refractivity contribution in [3.8, 4) is 5.75 Å². The van der Waals surface area contributed by atoms with E-state index in [1.807, 2.05) is 24.3 Å². The minimum Gasteiger partial charge on any atom is -0.491 e. The van der Waals surface area contributed by atoms with Crippen molar-refractivity contribution in [2.75, 3.05) is 23.8 Å². The van der Waals surface area contributed by atoms with Crippen molar-refractivity contribution in [2.24, 2.45) is 0 Å². The van der Waals surface area contributed by atoms with Crippen molar-refractivity contribution in [1.82, 2.24) is 0 Å². The number of amides is 1. The first kappa shape index (κ1) is 17.2. The highest BCUT2D eigenvalue weighted by atomic mass is 35.5. The van der Waals surface area contributed by atoms with E-state index in [2.05, 4.69) is 17.6 Å². The molecule has 2 aromatic carbocycles. The van der Waals surface area contributed by atoms with Gasteiger partial charge < -0.3 is 15.4 Å². The molecule has 0 spiro atoms. The van der Waals surface area contributed by atoms with Crippen LogP contribution in [0.2, 0.25) is 5.02 Å². The van der Waals surface area contributed by atoms with E-state index in [1.54, 1.807) is 24.3 Å². The normalized spacial score (nSPS) is 10.2. The number of hydrogen-bond acceptors (Lipinski definition) is 3. The fraction of sp³-hybridized carbons (Fsp3) is 0.278. The predicted octanol–water partition coefficient (Wildman–Crippen LogP) is 4.57. The van der Waals surface area contributed by atoms with Gasteiger partial charge in [-0.05, 0) is 42.8 Å². The zero-order chi connectivity index (χ0) is 16.5. The molecule has 0 aliphatic heterocycles. The van der Waals surface area contributed by atoms with Crippen molar-refractivity contribution in [1.29, 1.82) is 0 Å². The van der Waals surface area contributed by atoms with Crippen LogP contribution in [0.4, 0.5) is 11.4 Å². The first-order chi connectivity index (χ1) is 11.2. The topological polar surface area (TPSA) is 50.4 Å². The zero-order valence-corrected chi connectivity index (χ0v) is 13.9. The lowest BCUT2D eigenvalue weighted by Gasteiger charge is -2.13. The molecule has 23 heavy (non-hydrogen) atoms. The number of anilines is 2. The van der Waals surface area contributed by atoms with E-state index in [9.17, 15) is 4.79 Å². The molecule has 0 bridgehead atoms. The van der Waals surface area contributed by atoms with Gasteiger partial charge in [0.1, 0.15) is 5.75 Å². The molecule has 4 nitrogen and oxygen atoms in total. The highest BCUT2D eigenvalue weighted by Crippen LogP contribution is 2.23. The van der Waals surface area contributed by atoms with Gasteiger partial charge in [0.15, 0.2) is 0 Å². The Morgan fingerprint density at radius 1 is 1.13 bits per heavy atom. The Balaban J connectivity index is 1.87. The largest absolute Gasteiger partial charge is 0.491 e. The molecule has 0 saturated heterocycles. The third kappa shape index (κ3) is 5.83. The molecule has 2 aromatic rings. The number of rotatable bonds is 8. The van der Waals surface area contributed by atoms with Crippen LogP contribution >= 0.6 is 11.6 Å². The predicted molar refractivity (Wildman–Crippen MR) is 95.4 cm³/mol. The molecule has 5 heteroatoms. The van der Waals surface area contributed by atoms with Crippen LogP contribution in [0.3, 0.4) is 0 Å². The summed E-state index contributed by atoms with van der Waals surface area (Å²) >= 11 is 5.82. The SMILES string of the molecule is CCCCOc1ccccc1NCC(=O)Nc1ccc(Cl)cc1. The van der Waals surface area contributed by atoms with Crippen LogP contribution in [-0.2, 0) is 4.79 Å². The number of halogens is 1. The van der Waals surface area contributed by atoms with Crippen molar-refractivity contribution >= 4 is 28.9 Å².